The van der Waals surface area contributed by atoms with E-state index in [1.807, 2.05) is 0 Å². The minimum atomic E-state index is -3.72. The highest BCUT2D eigenvalue weighted by Crippen LogP contribution is 2.17. The zero-order valence-electron chi connectivity index (χ0n) is 9.89. The summed E-state index contributed by atoms with van der Waals surface area (Å²) in [5, 5.41) is 9.83. The SMILES string of the molecule is N#CC=CS(=O)(=O)c1ccc(NS(=O)(=O)C=CCl)cc1. The van der Waals surface area contributed by atoms with Gasteiger partial charge in [0.25, 0.3) is 10.0 Å². The van der Waals surface area contributed by atoms with Gasteiger partial charge in [-0.15, -0.1) is 0 Å². The van der Waals surface area contributed by atoms with Crippen LogP contribution in [0, 0.1) is 11.3 Å². The predicted octanol–water partition coefficient (Wildman–Crippen LogP) is 1.95. The minimum Gasteiger partial charge on any atom is -0.280 e. The molecule has 0 amide bonds. The van der Waals surface area contributed by atoms with Crippen LogP contribution in [0.25, 0.3) is 0 Å². The maximum absolute atomic E-state index is 11.7. The monoisotopic (exact) mass is 332 g/mol. The second-order valence-electron chi connectivity index (χ2n) is 3.41. The maximum atomic E-state index is 11.7. The van der Waals surface area contributed by atoms with E-state index < -0.39 is 19.9 Å². The Morgan fingerprint density at radius 1 is 1.10 bits per heavy atom. The number of nitrogens with zero attached hydrogens (tertiary/aromatic N) is 1. The number of anilines is 1. The van der Waals surface area contributed by atoms with Crippen molar-refractivity contribution in [2.75, 3.05) is 4.72 Å². The highest BCUT2D eigenvalue weighted by atomic mass is 35.5. The van der Waals surface area contributed by atoms with Gasteiger partial charge >= 0.3 is 0 Å². The van der Waals surface area contributed by atoms with Crippen LogP contribution in [0.3, 0.4) is 0 Å². The molecule has 6 nitrogen and oxygen atoms in total. The highest BCUT2D eigenvalue weighted by Gasteiger charge is 2.11. The third-order valence-corrected chi connectivity index (χ3v) is 4.71. The lowest BCUT2D eigenvalue weighted by Crippen LogP contribution is -2.08. The molecule has 0 spiro atoms. The van der Waals surface area contributed by atoms with Gasteiger partial charge in [0.15, 0.2) is 0 Å². The number of hydrogen-bond donors (Lipinski definition) is 1. The second kappa shape index (κ2) is 6.56. The van der Waals surface area contributed by atoms with Gasteiger partial charge < -0.3 is 0 Å². The van der Waals surface area contributed by atoms with Crippen molar-refractivity contribution in [3.63, 3.8) is 0 Å². The molecule has 0 aromatic heterocycles. The van der Waals surface area contributed by atoms with Crippen LogP contribution in [0.15, 0.2) is 51.6 Å². The van der Waals surface area contributed by atoms with Crippen LogP contribution in [-0.2, 0) is 19.9 Å². The summed E-state index contributed by atoms with van der Waals surface area (Å²) < 4.78 is 48.3. The molecule has 0 fully saturated rings. The molecule has 0 atom stereocenters. The van der Waals surface area contributed by atoms with E-state index in [1.54, 1.807) is 6.07 Å². The quantitative estimate of drug-likeness (QED) is 0.830. The molecule has 1 aromatic carbocycles. The van der Waals surface area contributed by atoms with Gasteiger partial charge in [-0.1, -0.05) is 11.6 Å². The summed E-state index contributed by atoms with van der Waals surface area (Å²) in [6.45, 7) is 0. The van der Waals surface area contributed by atoms with E-state index in [2.05, 4.69) is 4.72 Å². The van der Waals surface area contributed by atoms with Crippen LogP contribution in [0.2, 0.25) is 0 Å². The third kappa shape index (κ3) is 4.70. The summed E-state index contributed by atoms with van der Waals surface area (Å²) in [4.78, 5) is -0.0557. The summed E-state index contributed by atoms with van der Waals surface area (Å²) in [7, 11) is -7.42. The number of nitriles is 1. The number of allylic oxidation sites excluding steroid dienone is 1. The van der Waals surface area contributed by atoms with Crippen molar-refractivity contribution in [3.05, 3.63) is 46.7 Å². The highest BCUT2D eigenvalue weighted by molar-refractivity contribution is 7.95. The van der Waals surface area contributed by atoms with Crippen LogP contribution in [0.4, 0.5) is 5.69 Å². The smallest absolute Gasteiger partial charge is 0.255 e. The molecular weight excluding hydrogens is 324 g/mol. The fourth-order valence-electron chi connectivity index (χ4n) is 1.18. The van der Waals surface area contributed by atoms with E-state index in [0.29, 0.717) is 0 Å². The van der Waals surface area contributed by atoms with Gasteiger partial charge in [-0.2, -0.15) is 5.26 Å². The number of nitrogens with one attached hydrogen (secondary N) is 1. The Kier molecular flexibility index (Phi) is 5.33. The largest absolute Gasteiger partial charge is 0.280 e. The second-order valence-corrected chi connectivity index (χ2v) is 7.06. The molecule has 1 rings (SSSR count). The Morgan fingerprint density at radius 3 is 2.20 bits per heavy atom. The standard InChI is InChI=1S/C11H9ClN2O4S2/c12-6-9-20(17,18)14-10-2-4-11(5-3-10)19(15,16)8-1-7-13/h1-6,8-9,14H. The lowest BCUT2D eigenvalue weighted by Gasteiger charge is -2.05. The van der Waals surface area contributed by atoms with Gasteiger partial charge in [0, 0.05) is 22.7 Å². The van der Waals surface area contributed by atoms with Crippen molar-refractivity contribution < 1.29 is 16.8 Å². The fourth-order valence-corrected chi connectivity index (χ4v) is 3.16. The van der Waals surface area contributed by atoms with E-state index in [-0.39, 0.29) is 10.6 Å². The zero-order valence-corrected chi connectivity index (χ0v) is 12.3. The Balaban J connectivity index is 3.02. The summed E-state index contributed by atoms with van der Waals surface area (Å²) in [5.41, 5.74) is 1.02. The fraction of sp³-hybridized carbons (Fsp3) is 0. The van der Waals surface area contributed by atoms with Crippen LogP contribution in [-0.4, -0.2) is 16.8 Å². The number of rotatable bonds is 5. The van der Waals surface area contributed by atoms with E-state index in [9.17, 15) is 16.8 Å². The number of sulfone groups is 1. The molecule has 20 heavy (non-hydrogen) atoms. The number of hydrogen-bond acceptors (Lipinski definition) is 5. The van der Waals surface area contributed by atoms with Crippen LogP contribution >= 0.6 is 11.6 Å². The maximum Gasteiger partial charge on any atom is 0.255 e. The van der Waals surface area contributed by atoms with Crippen molar-refractivity contribution in [2.45, 2.75) is 4.90 Å². The van der Waals surface area contributed by atoms with Gasteiger partial charge in [0.1, 0.15) is 0 Å². The van der Waals surface area contributed by atoms with Crippen molar-refractivity contribution in [1.82, 2.24) is 0 Å². The minimum absolute atomic E-state index is 0.0557. The van der Waals surface area contributed by atoms with E-state index in [1.165, 1.54) is 24.3 Å². The summed E-state index contributed by atoms with van der Waals surface area (Å²) in [5.74, 6) is 0. The number of benzene rings is 1. The lowest BCUT2D eigenvalue weighted by atomic mass is 10.3. The molecular formula is C11H9ClN2O4S2. The molecule has 1 aromatic rings. The van der Waals surface area contributed by atoms with Gasteiger partial charge in [-0.05, 0) is 24.3 Å². The average molecular weight is 333 g/mol. The molecule has 0 unspecified atom stereocenters. The van der Waals surface area contributed by atoms with E-state index >= 15 is 0 Å². The first-order valence-electron chi connectivity index (χ1n) is 5.01. The Hall–Kier alpha value is -1.82. The normalized spacial score (nSPS) is 12.6. The molecule has 106 valence electrons. The van der Waals surface area contributed by atoms with Crippen LogP contribution < -0.4 is 4.72 Å². The Labute approximate surface area is 122 Å². The molecule has 0 saturated heterocycles. The molecule has 0 radical (unpaired) electrons. The Bertz CT molecular complexity index is 773. The first kappa shape index (κ1) is 16.2. The average Bonchev–Trinajstić information content (AvgIpc) is 2.36. The van der Waals surface area contributed by atoms with Crippen molar-refractivity contribution in [2.24, 2.45) is 0 Å². The molecule has 9 heteroatoms. The molecule has 0 aliphatic rings. The first-order chi connectivity index (χ1) is 9.30. The number of halogens is 1. The summed E-state index contributed by atoms with van der Waals surface area (Å²) in [6, 6.07) is 6.59. The lowest BCUT2D eigenvalue weighted by molar-refractivity contribution is 0.604. The molecule has 0 saturated carbocycles. The van der Waals surface area contributed by atoms with Crippen molar-refractivity contribution in [3.8, 4) is 6.07 Å². The van der Waals surface area contributed by atoms with Gasteiger partial charge in [0.2, 0.25) is 9.84 Å². The summed E-state index contributed by atoms with van der Waals surface area (Å²) in [6.07, 6.45) is 0.844. The summed E-state index contributed by atoms with van der Waals surface area (Å²) >= 11 is 5.17. The number of sulfonamides is 1. The topological polar surface area (TPSA) is 104 Å². The van der Waals surface area contributed by atoms with Crippen molar-refractivity contribution >= 4 is 37.1 Å². The molecule has 0 aliphatic heterocycles. The van der Waals surface area contributed by atoms with Crippen LogP contribution in [0.1, 0.15) is 0 Å². The van der Waals surface area contributed by atoms with Crippen LogP contribution in [0.5, 0.6) is 0 Å². The predicted molar refractivity (Wildman–Crippen MR) is 75.9 cm³/mol. The van der Waals surface area contributed by atoms with Gasteiger partial charge in [-0.3, -0.25) is 4.72 Å². The van der Waals surface area contributed by atoms with Crippen molar-refractivity contribution in [1.29, 1.82) is 5.26 Å². The molecule has 0 bridgehead atoms. The molecule has 1 N–H and O–H groups in total. The third-order valence-electron chi connectivity index (χ3n) is 2.00. The van der Waals surface area contributed by atoms with E-state index in [0.717, 1.165) is 22.4 Å². The van der Waals surface area contributed by atoms with Gasteiger partial charge in [-0.25, -0.2) is 16.8 Å². The van der Waals surface area contributed by atoms with Gasteiger partial charge in [0.05, 0.1) is 16.4 Å². The Morgan fingerprint density at radius 2 is 1.70 bits per heavy atom. The first-order valence-corrected chi connectivity index (χ1v) is 8.54. The zero-order chi connectivity index (χ0) is 15.2. The molecule has 0 aliphatic carbocycles. The van der Waals surface area contributed by atoms with E-state index in [4.69, 9.17) is 16.9 Å². The molecule has 0 heterocycles.